The number of aromatic amines is 1. The number of aliphatic carboxylic acids is 1. The van der Waals surface area contributed by atoms with Gasteiger partial charge in [0, 0.05) is 30.8 Å². The van der Waals surface area contributed by atoms with E-state index in [4.69, 9.17) is 11.6 Å². The summed E-state index contributed by atoms with van der Waals surface area (Å²) in [5.74, 6) is -2.49. The van der Waals surface area contributed by atoms with Crippen molar-refractivity contribution in [3.63, 3.8) is 0 Å². The second kappa shape index (κ2) is 10.3. The van der Waals surface area contributed by atoms with Gasteiger partial charge < -0.3 is 10.4 Å². The van der Waals surface area contributed by atoms with E-state index in [-0.39, 0.29) is 36.5 Å². The SMILES string of the molecule is Cc1cc(Nc2ccc(F)c(C[C@]3(C(=O)O)CCN(CS(=O)(=O)c4cccc(Cl)c4F)[C@H](C)C3)n2)n[nH]1. The minimum atomic E-state index is -4.07. The number of H-pyrrole nitrogens is 1. The number of hydrogen-bond acceptors (Lipinski definition) is 7. The first-order valence-corrected chi connectivity index (χ1v) is 13.5. The minimum Gasteiger partial charge on any atom is -0.481 e. The molecule has 3 N–H and O–H groups in total. The summed E-state index contributed by atoms with van der Waals surface area (Å²) in [6.07, 6.45) is -0.0814. The Morgan fingerprint density at radius 1 is 1.30 bits per heavy atom. The Hall–Kier alpha value is -3.09. The summed E-state index contributed by atoms with van der Waals surface area (Å²) < 4.78 is 54.9. The van der Waals surface area contributed by atoms with Crippen molar-refractivity contribution in [2.24, 2.45) is 5.41 Å². The molecule has 0 amide bonds. The summed E-state index contributed by atoms with van der Waals surface area (Å²) in [4.78, 5) is 17.8. The molecule has 37 heavy (non-hydrogen) atoms. The largest absolute Gasteiger partial charge is 0.481 e. The lowest BCUT2D eigenvalue weighted by Gasteiger charge is -2.43. The number of likely N-dealkylation sites (tertiary alicyclic amines) is 1. The lowest BCUT2D eigenvalue weighted by molar-refractivity contribution is -0.153. The van der Waals surface area contributed by atoms with Gasteiger partial charge >= 0.3 is 5.97 Å². The van der Waals surface area contributed by atoms with Gasteiger partial charge in [0.2, 0.25) is 0 Å². The molecule has 0 unspecified atom stereocenters. The number of carboxylic acids is 1. The number of hydrogen-bond donors (Lipinski definition) is 3. The number of rotatable bonds is 8. The van der Waals surface area contributed by atoms with Gasteiger partial charge in [-0.3, -0.25) is 14.8 Å². The van der Waals surface area contributed by atoms with Gasteiger partial charge in [0.15, 0.2) is 21.5 Å². The number of nitrogens with zero attached hydrogens (tertiary/aromatic N) is 3. The minimum absolute atomic E-state index is 0.0195. The highest BCUT2D eigenvalue weighted by Gasteiger charge is 2.46. The number of pyridine rings is 1. The third-order valence-electron chi connectivity index (χ3n) is 6.61. The van der Waals surface area contributed by atoms with Gasteiger partial charge in [-0.1, -0.05) is 17.7 Å². The molecule has 1 aliphatic heterocycles. The number of aryl methyl sites for hydroxylation is 1. The molecule has 3 heterocycles. The number of piperidine rings is 1. The summed E-state index contributed by atoms with van der Waals surface area (Å²) in [5.41, 5.74) is -0.569. The van der Waals surface area contributed by atoms with E-state index in [1.165, 1.54) is 24.3 Å². The molecule has 9 nitrogen and oxygen atoms in total. The van der Waals surface area contributed by atoms with Crippen molar-refractivity contribution in [1.29, 1.82) is 0 Å². The molecule has 1 aromatic carbocycles. The fourth-order valence-electron chi connectivity index (χ4n) is 4.62. The van der Waals surface area contributed by atoms with Crippen molar-refractivity contribution in [2.75, 3.05) is 17.7 Å². The van der Waals surface area contributed by atoms with Crippen molar-refractivity contribution in [2.45, 2.75) is 44.0 Å². The fourth-order valence-corrected chi connectivity index (χ4v) is 6.48. The molecule has 0 saturated carbocycles. The van der Waals surface area contributed by atoms with Crippen molar-refractivity contribution in [3.8, 4) is 0 Å². The van der Waals surface area contributed by atoms with Crippen LogP contribution in [0.4, 0.5) is 20.4 Å². The van der Waals surface area contributed by atoms with Gasteiger partial charge in [0.05, 0.1) is 16.1 Å². The van der Waals surface area contributed by atoms with E-state index in [9.17, 15) is 27.1 Å². The summed E-state index contributed by atoms with van der Waals surface area (Å²) in [6, 6.07) is 7.64. The molecule has 1 aliphatic rings. The third kappa shape index (κ3) is 5.76. The Labute approximate surface area is 217 Å². The van der Waals surface area contributed by atoms with E-state index in [1.54, 1.807) is 17.9 Å². The van der Waals surface area contributed by atoms with Crippen molar-refractivity contribution in [3.05, 3.63) is 64.4 Å². The second-order valence-electron chi connectivity index (χ2n) is 9.36. The van der Waals surface area contributed by atoms with Crippen LogP contribution in [-0.4, -0.2) is 58.0 Å². The van der Waals surface area contributed by atoms with Crippen LogP contribution in [0.3, 0.4) is 0 Å². The number of halogens is 3. The molecule has 4 rings (SSSR count). The molecule has 1 fully saturated rings. The zero-order chi connectivity index (χ0) is 27.0. The summed E-state index contributed by atoms with van der Waals surface area (Å²) >= 11 is 5.75. The molecular formula is C24H26ClF2N5O4S. The predicted octanol–water partition coefficient (Wildman–Crippen LogP) is 4.32. The molecule has 2 aromatic heterocycles. The maximum absolute atomic E-state index is 14.7. The van der Waals surface area contributed by atoms with Crippen molar-refractivity contribution < 1.29 is 27.1 Å². The third-order valence-corrected chi connectivity index (χ3v) is 8.56. The first-order valence-electron chi connectivity index (χ1n) is 11.5. The van der Waals surface area contributed by atoms with Crippen LogP contribution in [0.1, 0.15) is 31.2 Å². The van der Waals surface area contributed by atoms with Crippen LogP contribution in [0, 0.1) is 24.0 Å². The Morgan fingerprint density at radius 2 is 2.05 bits per heavy atom. The van der Waals surface area contributed by atoms with Gasteiger partial charge in [-0.2, -0.15) is 5.10 Å². The molecule has 2 atom stereocenters. The highest BCUT2D eigenvalue weighted by atomic mass is 35.5. The average Bonchev–Trinajstić information content (AvgIpc) is 3.24. The Balaban J connectivity index is 1.52. The Bertz CT molecular complexity index is 1430. The molecule has 0 bridgehead atoms. The van der Waals surface area contributed by atoms with E-state index in [1.807, 2.05) is 6.92 Å². The van der Waals surface area contributed by atoms with Crippen LogP contribution >= 0.6 is 11.6 Å². The lowest BCUT2D eigenvalue weighted by Crippen LogP contribution is -2.51. The molecule has 3 aromatic rings. The predicted molar refractivity (Wildman–Crippen MR) is 133 cm³/mol. The van der Waals surface area contributed by atoms with Crippen LogP contribution in [0.5, 0.6) is 0 Å². The van der Waals surface area contributed by atoms with Gasteiger partial charge in [-0.25, -0.2) is 22.2 Å². The van der Waals surface area contributed by atoms with Gasteiger partial charge in [0.25, 0.3) is 0 Å². The first-order chi connectivity index (χ1) is 17.4. The maximum atomic E-state index is 14.7. The maximum Gasteiger partial charge on any atom is 0.310 e. The number of carbonyl (C=O) groups is 1. The highest BCUT2D eigenvalue weighted by molar-refractivity contribution is 7.91. The normalized spacial score (nSPS) is 20.6. The number of aromatic nitrogens is 3. The summed E-state index contributed by atoms with van der Waals surface area (Å²) in [7, 11) is -4.07. The molecule has 198 valence electrons. The topological polar surface area (TPSA) is 128 Å². The zero-order valence-electron chi connectivity index (χ0n) is 20.1. The second-order valence-corrected chi connectivity index (χ2v) is 11.7. The summed E-state index contributed by atoms with van der Waals surface area (Å²) in [6.45, 7) is 3.62. The molecule has 1 saturated heterocycles. The molecule has 0 spiro atoms. The van der Waals surface area contributed by atoms with Crippen LogP contribution in [0.25, 0.3) is 0 Å². The van der Waals surface area contributed by atoms with E-state index in [2.05, 4.69) is 20.5 Å². The summed E-state index contributed by atoms with van der Waals surface area (Å²) in [5, 5.41) is 19.6. The smallest absolute Gasteiger partial charge is 0.310 e. The molecule has 13 heteroatoms. The molecular weight excluding hydrogens is 528 g/mol. The molecule has 0 aliphatic carbocycles. The number of anilines is 2. The zero-order valence-corrected chi connectivity index (χ0v) is 21.7. The van der Waals surface area contributed by atoms with E-state index in [0.717, 1.165) is 11.8 Å². The van der Waals surface area contributed by atoms with Crippen LogP contribution in [0.15, 0.2) is 41.3 Å². The Kier molecular flexibility index (Phi) is 7.54. The van der Waals surface area contributed by atoms with Crippen molar-refractivity contribution >= 4 is 39.0 Å². The van der Waals surface area contributed by atoms with Crippen LogP contribution in [0.2, 0.25) is 5.02 Å². The average molecular weight is 554 g/mol. The standard InChI is InChI=1S/C24H26ClF2N5O4S/c1-14-10-21(31-30-14)29-20-7-6-17(26)18(28-20)12-24(23(33)34)8-9-32(15(2)11-24)13-37(35,36)19-5-3-4-16(25)22(19)27/h3-7,10,15H,8-9,11-13H2,1-2H3,(H,33,34)(H2,28,29,30,31)/t15-,24+/m1/s1. The number of sulfone groups is 1. The number of carboxylic acid groups (broad SMARTS) is 1. The fraction of sp³-hybridized carbons (Fsp3) is 0.375. The highest BCUT2D eigenvalue weighted by Crippen LogP contribution is 2.39. The quantitative estimate of drug-likeness (QED) is 0.376. The van der Waals surface area contributed by atoms with E-state index >= 15 is 0 Å². The van der Waals surface area contributed by atoms with Gasteiger partial charge in [-0.15, -0.1) is 0 Å². The van der Waals surface area contributed by atoms with Crippen LogP contribution < -0.4 is 5.32 Å². The van der Waals surface area contributed by atoms with E-state index in [0.29, 0.717) is 11.6 Å². The Morgan fingerprint density at radius 3 is 2.70 bits per heavy atom. The van der Waals surface area contributed by atoms with Crippen LogP contribution in [-0.2, 0) is 21.1 Å². The number of benzene rings is 1. The molecule has 0 radical (unpaired) electrons. The first kappa shape index (κ1) is 27.0. The lowest BCUT2D eigenvalue weighted by atomic mass is 9.72. The van der Waals surface area contributed by atoms with Crippen molar-refractivity contribution in [1.82, 2.24) is 20.1 Å². The number of nitrogens with one attached hydrogen (secondary N) is 2. The van der Waals surface area contributed by atoms with Gasteiger partial charge in [0.1, 0.15) is 22.4 Å². The van der Waals surface area contributed by atoms with E-state index < -0.39 is 49.7 Å². The monoisotopic (exact) mass is 553 g/mol. The van der Waals surface area contributed by atoms with Gasteiger partial charge in [-0.05, 0) is 51.0 Å².